The van der Waals surface area contributed by atoms with E-state index in [9.17, 15) is 9.59 Å². The van der Waals surface area contributed by atoms with E-state index in [0.29, 0.717) is 31.9 Å². The van der Waals surface area contributed by atoms with E-state index >= 15 is 0 Å². The third kappa shape index (κ3) is 1.93. The van der Waals surface area contributed by atoms with Crippen molar-refractivity contribution in [2.75, 3.05) is 26.2 Å². The van der Waals surface area contributed by atoms with E-state index in [1.54, 1.807) is 16.0 Å². The van der Waals surface area contributed by atoms with Gasteiger partial charge in [0.05, 0.1) is 6.04 Å². The molecule has 0 aromatic carbocycles. The molecule has 0 spiro atoms. The summed E-state index contributed by atoms with van der Waals surface area (Å²) in [6.07, 6.45) is 3.36. The Balaban J connectivity index is 1.58. The molecule has 2 aromatic heterocycles. The molecule has 114 valence electrons. The SMILES string of the molecule is Cc1cccn2cc(C(=O)N3CCN4C(=O)OC[C@@H]4C3)nc12. The lowest BCUT2D eigenvalue weighted by molar-refractivity contribution is 0.0612. The van der Waals surface area contributed by atoms with Crippen LogP contribution in [0.4, 0.5) is 4.79 Å². The maximum atomic E-state index is 12.7. The molecular weight excluding hydrogens is 284 g/mol. The number of hydrogen-bond acceptors (Lipinski definition) is 4. The lowest BCUT2D eigenvalue weighted by atomic mass is 10.2. The number of carbonyl (C=O) groups is 2. The van der Waals surface area contributed by atoms with Crippen LogP contribution in [0.2, 0.25) is 0 Å². The number of nitrogens with zero attached hydrogens (tertiary/aromatic N) is 4. The summed E-state index contributed by atoms with van der Waals surface area (Å²) in [5, 5.41) is 0. The smallest absolute Gasteiger partial charge is 0.410 e. The standard InChI is InChI=1S/C15H16N4O3/c1-10-3-2-4-17-8-12(16-13(10)17)14(20)18-5-6-19-11(7-18)9-22-15(19)21/h2-4,8,11H,5-7,9H2,1H3/t11-/m0/s1. The van der Waals surface area contributed by atoms with Gasteiger partial charge in [-0.2, -0.15) is 0 Å². The molecule has 1 atom stereocenters. The van der Waals surface area contributed by atoms with Gasteiger partial charge in [0.15, 0.2) is 0 Å². The predicted molar refractivity (Wildman–Crippen MR) is 77.7 cm³/mol. The minimum atomic E-state index is -0.277. The van der Waals surface area contributed by atoms with Gasteiger partial charge in [-0.25, -0.2) is 9.78 Å². The summed E-state index contributed by atoms with van der Waals surface area (Å²) in [4.78, 5) is 32.0. The number of ether oxygens (including phenoxy) is 1. The zero-order chi connectivity index (χ0) is 15.3. The second-order valence-corrected chi connectivity index (χ2v) is 5.72. The molecule has 2 aliphatic heterocycles. The van der Waals surface area contributed by atoms with Gasteiger partial charge in [-0.05, 0) is 18.6 Å². The predicted octanol–water partition coefficient (Wildman–Crippen LogP) is 0.919. The Bertz CT molecular complexity index is 769. The van der Waals surface area contributed by atoms with Crippen LogP contribution in [0.25, 0.3) is 5.65 Å². The minimum absolute atomic E-state index is 0.0380. The Morgan fingerprint density at radius 2 is 2.27 bits per heavy atom. The number of aryl methyl sites for hydroxylation is 1. The summed E-state index contributed by atoms with van der Waals surface area (Å²) in [7, 11) is 0. The lowest BCUT2D eigenvalue weighted by Crippen LogP contribution is -2.53. The number of fused-ring (bicyclic) bond motifs is 2. The third-order valence-corrected chi connectivity index (χ3v) is 4.30. The van der Waals surface area contributed by atoms with Gasteiger partial charge in [0.1, 0.15) is 17.9 Å². The first-order chi connectivity index (χ1) is 10.6. The van der Waals surface area contributed by atoms with E-state index in [1.165, 1.54) is 0 Å². The second kappa shape index (κ2) is 4.72. The first kappa shape index (κ1) is 13.1. The topological polar surface area (TPSA) is 67.2 Å². The van der Waals surface area contributed by atoms with Crippen molar-refractivity contribution in [3.8, 4) is 0 Å². The quantitative estimate of drug-likeness (QED) is 0.785. The molecule has 0 saturated carbocycles. The normalized spacial score (nSPS) is 21.1. The number of rotatable bonds is 1. The molecule has 2 saturated heterocycles. The maximum absolute atomic E-state index is 12.7. The van der Waals surface area contributed by atoms with Crippen LogP contribution in [0.1, 0.15) is 16.1 Å². The van der Waals surface area contributed by atoms with E-state index in [4.69, 9.17) is 4.74 Å². The largest absolute Gasteiger partial charge is 0.447 e. The zero-order valence-electron chi connectivity index (χ0n) is 12.2. The number of pyridine rings is 1. The van der Waals surface area contributed by atoms with Crippen molar-refractivity contribution >= 4 is 17.6 Å². The molecule has 4 heterocycles. The number of aromatic nitrogens is 2. The molecule has 2 aromatic rings. The molecule has 2 aliphatic rings. The Hall–Kier alpha value is -2.57. The summed E-state index contributed by atoms with van der Waals surface area (Å²) in [6.45, 7) is 3.85. The van der Waals surface area contributed by atoms with Crippen LogP contribution in [0.15, 0.2) is 24.5 Å². The summed E-state index contributed by atoms with van der Waals surface area (Å²) in [5.74, 6) is -0.0953. The van der Waals surface area contributed by atoms with Crippen molar-refractivity contribution < 1.29 is 14.3 Å². The van der Waals surface area contributed by atoms with Crippen molar-refractivity contribution in [2.24, 2.45) is 0 Å². The molecule has 4 rings (SSSR count). The van der Waals surface area contributed by atoms with Crippen molar-refractivity contribution in [2.45, 2.75) is 13.0 Å². The molecule has 2 fully saturated rings. The van der Waals surface area contributed by atoms with Crippen LogP contribution >= 0.6 is 0 Å². The first-order valence-electron chi connectivity index (χ1n) is 7.30. The Morgan fingerprint density at radius 1 is 1.41 bits per heavy atom. The average molecular weight is 300 g/mol. The van der Waals surface area contributed by atoms with Gasteiger partial charge in [-0.3, -0.25) is 9.69 Å². The van der Waals surface area contributed by atoms with Crippen LogP contribution in [0.3, 0.4) is 0 Å². The summed E-state index contributed by atoms with van der Waals surface area (Å²) in [5.41, 5.74) is 2.26. The van der Waals surface area contributed by atoms with Crippen molar-refractivity contribution in [1.82, 2.24) is 19.2 Å². The van der Waals surface area contributed by atoms with Gasteiger partial charge in [-0.15, -0.1) is 0 Å². The van der Waals surface area contributed by atoms with Crippen molar-refractivity contribution in [3.05, 3.63) is 35.8 Å². The molecule has 0 N–H and O–H groups in total. The molecule has 7 nitrogen and oxygen atoms in total. The lowest BCUT2D eigenvalue weighted by Gasteiger charge is -2.34. The van der Waals surface area contributed by atoms with E-state index in [0.717, 1.165) is 11.2 Å². The number of hydrogen-bond donors (Lipinski definition) is 0. The van der Waals surface area contributed by atoms with Crippen LogP contribution < -0.4 is 0 Å². The highest BCUT2D eigenvalue weighted by molar-refractivity contribution is 5.93. The molecule has 0 radical (unpaired) electrons. The number of cyclic esters (lactones) is 1. The van der Waals surface area contributed by atoms with Crippen LogP contribution in [0, 0.1) is 6.92 Å². The highest BCUT2D eigenvalue weighted by Gasteiger charge is 2.39. The Morgan fingerprint density at radius 3 is 3.09 bits per heavy atom. The molecule has 22 heavy (non-hydrogen) atoms. The van der Waals surface area contributed by atoms with E-state index in [2.05, 4.69) is 4.98 Å². The highest BCUT2D eigenvalue weighted by Crippen LogP contribution is 2.19. The zero-order valence-corrected chi connectivity index (χ0v) is 12.2. The van der Waals surface area contributed by atoms with Gasteiger partial charge in [0, 0.05) is 32.0 Å². The molecule has 2 amide bonds. The van der Waals surface area contributed by atoms with Crippen molar-refractivity contribution in [3.63, 3.8) is 0 Å². The third-order valence-electron chi connectivity index (χ3n) is 4.30. The summed E-state index contributed by atoms with van der Waals surface area (Å²) in [6, 6.07) is 3.86. The fourth-order valence-electron chi connectivity index (χ4n) is 3.09. The van der Waals surface area contributed by atoms with E-state index in [-0.39, 0.29) is 18.0 Å². The van der Waals surface area contributed by atoms with Gasteiger partial charge >= 0.3 is 6.09 Å². The monoisotopic (exact) mass is 300 g/mol. The number of piperazine rings is 1. The van der Waals surface area contributed by atoms with Crippen LogP contribution in [-0.4, -0.2) is 63.5 Å². The second-order valence-electron chi connectivity index (χ2n) is 5.72. The summed E-state index contributed by atoms with van der Waals surface area (Å²) >= 11 is 0. The first-order valence-corrected chi connectivity index (χ1v) is 7.30. The van der Waals surface area contributed by atoms with Crippen LogP contribution in [-0.2, 0) is 4.74 Å². The molecule has 0 aliphatic carbocycles. The maximum Gasteiger partial charge on any atom is 0.410 e. The fourth-order valence-corrected chi connectivity index (χ4v) is 3.09. The fraction of sp³-hybridized carbons (Fsp3) is 0.400. The van der Waals surface area contributed by atoms with E-state index in [1.807, 2.05) is 29.7 Å². The van der Waals surface area contributed by atoms with E-state index < -0.39 is 0 Å². The van der Waals surface area contributed by atoms with Crippen molar-refractivity contribution in [1.29, 1.82) is 0 Å². The average Bonchev–Trinajstić information content (AvgIpc) is 3.11. The number of carbonyl (C=O) groups excluding carboxylic acids is 2. The number of imidazole rings is 1. The van der Waals surface area contributed by atoms with Gasteiger partial charge in [0.25, 0.3) is 5.91 Å². The molecule has 0 unspecified atom stereocenters. The van der Waals surface area contributed by atoms with Gasteiger partial charge in [-0.1, -0.05) is 6.07 Å². The highest BCUT2D eigenvalue weighted by atomic mass is 16.6. The Labute approximate surface area is 127 Å². The number of amides is 2. The minimum Gasteiger partial charge on any atom is -0.447 e. The summed E-state index contributed by atoms with van der Waals surface area (Å²) < 4.78 is 6.89. The van der Waals surface area contributed by atoms with Crippen LogP contribution in [0.5, 0.6) is 0 Å². The molecule has 0 bridgehead atoms. The Kier molecular flexibility index (Phi) is 2.82. The van der Waals surface area contributed by atoms with Gasteiger partial charge < -0.3 is 14.0 Å². The van der Waals surface area contributed by atoms with Gasteiger partial charge in [0.2, 0.25) is 0 Å². The molecule has 7 heteroatoms. The molecular formula is C15H16N4O3.